The van der Waals surface area contributed by atoms with E-state index in [0.717, 1.165) is 0 Å². The van der Waals surface area contributed by atoms with Gasteiger partial charge in [0.15, 0.2) is 0 Å². The molecule has 23 heavy (non-hydrogen) atoms. The molecule has 2 aromatic heterocycles. The molecule has 0 aliphatic carbocycles. The van der Waals surface area contributed by atoms with Gasteiger partial charge in [-0.2, -0.15) is 20.2 Å². The van der Waals surface area contributed by atoms with Gasteiger partial charge in [-0.3, -0.25) is 0 Å². The first-order valence-electron chi connectivity index (χ1n) is 7.05. The average Bonchev–Trinajstić information content (AvgIpc) is 2.62. The smallest absolute Gasteiger partial charge is 0.238 e. The fraction of sp³-hybridized carbons (Fsp3) is 0.357. The number of morpholine rings is 1. The topological polar surface area (TPSA) is 109 Å². The summed E-state index contributed by atoms with van der Waals surface area (Å²) in [6, 6.07) is 5.51. The first kappa shape index (κ1) is 14.9. The number of hydrogen-bond donors (Lipinski definition) is 1. The summed E-state index contributed by atoms with van der Waals surface area (Å²) in [5.74, 6) is 1.18. The maximum atomic E-state index is 9.14. The third-order valence-electron chi connectivity index (χ3n) is 3.23. The molecule has 9 heteroatoms. The maximum absolute atomic E-state index is 9.14. The van der Waals surface area contributed by atoms with Crippen LogP contribution in [0.4, 0.5) is 17.6 Å². The third kappa shape index (κ3) is 3.44. The number of hydrogen-bond acceptors (Lipinski definition) is 9. The highest BCUT2D eigenvalue weighted by Crippen LogP contribution is 2.23. The van der Waals surface area contributed by atoms with Crippen LogP contribution >= 0.6 is 0 Å². The molecule has 0 spiro atoms. The van der Waals surface area contributed by atoms with E-state index in [9.17, 15) is 0 Å². The van der Waals surface area contributed by atoms with Gasteiger partial charge in [-0.25, -0.2) is 4.98 Å². The minimum absolute atomic E-state index is 0.0480. The van der Waals surface area contributed by atoms with Crippen LogP contribution in [0.15, 0.2) is 18.3 Å². The van der Waals surface area contributed by atoms with Crippen LogP contribution in [0.1, 0.15) is 5.82 Å². The zero-order valence-electron chi connectivity index (χ0n) is 12.6. The minimum Gasteiger partial charge on any atom is -0.480 e. The molecular formula is C14H15N7O2. The van der Waals surface area contributed by atoms with Crippen LogP contribution in [0, 0.1) is 11.3 Å². The van der Waals surface area contributed by atoms with Crippen molar-refractivity contribution < 1.29 is 9.47 Å². The summed E-state index contributed by atoms with van der Waals surface area (Å²) in [7, 11) is 1.53. The number of nitriles is 1. The summed E-state index contributed by atoms with van der Waals surface area (Å²) in [4.78, 5) is 18.7. The van der Waals surface area contributed by atoms with Gasteiger partial charge >= 0.3 is 0 Å². The lowest BCUT2D eigenvalue weighted by Gasteiger charge is -2.26. The summed E-state index contributed by atoms with van der Waals surface area (Å²) in [5.41, 5.74) is 0.609. The number of ether oxygens (including phenoxy) is 2. The second-order valence-corrected chi connectivity index (χ2v) is 4.68. The van der Waals surface area contributed by atoms with Gasteiger partial charge in [-0.05, 0) is 12.1 Å². The van der Waals surface area contributed by atoms with E-state index in [2.05, 4.69) is 25.3 Å². The molecule has 1 fully saturated rings. The Morgan fingerprint density at radius 3 is 2.87 bits per heavy atom. The number of anilines is 3. The molecule has 0 atom stereocenters. The van der Waals surface area contributed by atoms with Crippen molar-refractivity contribution >= 4 is 17.6 Å². The van der Waals surface area contributed by atoms with Crippen LogP contribution in [0.3, 0.4) is 0 Å². The van der Waals surface area contributed by atoms with Gasteiger partial charge < -0.3 is 19.7 Å². The van der Waals surface area contributed by atoms with E-state index in [1.54, 1.807) is 18.3 Å². The van der Waals surface area contributed by atoms with Gasteiger partial charge in [0, 0.05) is 19.3 Å². The van der Waals surface area contributed by atoms with E-state index in [1.165, 1.54) is 7.11 Å². The first-order valence-corrected chi connectivity index (χ1v) is 7.05. The van der Waals surface area contributed by atoms with E-state index in [4.69, 9.17) is 14.7 Å². The lowest BCUT2D eigenvalue weighted by Crippen LogP contribution is -2.37. The predicted molar refractivity (Wildman–Crippen MR) is 81.6 cm³/mol. The summed E-state index contributed by atoms with van der Waals surface area (Å²) in [5, 5.41) is 12.2. The summed E-state index contributed by atoms with van der Waals surface area (Å²) in [6.45, 7) is 2.55. The molecule has 9 nitrogen and oxygen atoms in total. The summed E-state index contributed by atoms with van der Waals surface area (Å²) >= 11 is 0. The molecule has 2 aromatic rings. The normalized spacial score (nSPS) is 14.2. The molecule has 1 saturated heterocycles. The zero-order chi connectivity index (χ0) is 16.1. The van der Waals surface area contributed by atoms with Crippen molar-refractivity contribution in [1.29, 1.82) is 5.26 Å². The number of nitrogens with zero attached hydrogens (tertiary/aromatic N) is 6. The molecule has 0 amide bonds. The second kappa shape index (κ2) is 6.85. The molecule has 0 radical (unpaired) electrons. The molecule has 118 valence electrons. The molecule has 0 aromatic carbocycles. The van der Waals surface area contributed by atoms with Gasteiger partial charge in [0.25, 0.3) is 0 Å². The highest BCUT2D eigenvalue weighted by atomic mass is 16.5. The average molecular weight is 313 g/mol. The van der Waals surface area contributed by atoms with Crippen molar-refractivity contribution in [2.45, 2.75) is 0 Å². The second-order valence-electron chi connectivity index (χ2n) is 4.68. The van der Waals surface area contributed by atoms with Crippen LogP contribution in [-0.2, 0) is 4.74 Å². The van der Waals surface area contributed by atoms with Crippen molar-refractivity contribution in [1.82, 2.24) is 19.9 Å². The van der Waals surface area contributed by atoms with Gasteiger partial charge in [0.1, 0.15) is 11.8 Å². The van der Waals surface area contributed by atoms with Gasteiger partial charge in [-0.15, -0.1) is 0 Å². The van der Waals surface area contributed by atoms with E-state index in [-0.39, 0.29) is 11.8 Å². The molecule has 1 aliphatic heterocycles. The predicted octanol–water partition coefficient (Wildman–Crippen LogP) is 0.727. The zero-order valence-corrected chi connectivity index (χ0v) is 12.6. The number of rotatable bonds is 4. The van der Waals surface area contributed by atoms with Crippen molar-refractivity contribution in [3.63, 3.8) is 0 Å². The highest BCUT2D eigenvalue weighted by Gasteiger charge is 2.17. The number of nitrogens with one attached hydrogen (secondary N) is 1. The Hall–Kier alpha value is -2.99. The number of aromatic nitrogens is 4. The Morgan fingerprint density at radius 2 is 2.13 bits per heavy atom. The summed E-state index contributed by atoms with van der Waals surface area (Å²) in [6.07, 6.45) is 1.62. The van der Waals surface area contributed by atoms with E-state index >= 15 is 0 Å². The van der Waals surface area contributed by atoms with Gasteiger partial charge in [-0.1, -0.05) is 0 Å². The Balaban J connectivity index is 1.91. The molecule has 1 aliphatic rings. The van der Waals surface area contributed by atoms with Crippen molar-refractivity contribution in [2.24, 2.45) is 0 Å². The SMILES string of the molecule is COc1ncccc1Nc1nc(C#N)nc(N2CCOCC2)n1. The Bertz CT molecular complexity index is 725. The monoisotopic (exact) mass is 313 g/mol. The fourth-order valence-corrected chi connectivity index (χ4v) is 2.14. The van der Waals surface area contributed by atoms with Crippen molar-refractivity contribution in [3.05, 3.63) is 24.2 Å². The lowest BCUT2D eigenvalue weighted by molar-refractivity contribution is 0.122. The molecule has 3 rings (SSSR count). The Kier molecular flexibility index (Phi) is 4.44. The maximum Gasteiger partial charge on any atom is 0.238 e. The Morgan fingerprint density at radius 1 is 1.30 bits per heavy atom. The first-order chi connectivity index (χ1) is 11.3. The standard InChI is InChI=1S/C14H15N7O2/c1-22-12-10(3-2-4-16-12)17-13-18-11(9-15)19-14(20-13)21-5-7-23-8-6-21/h2-4H,5-8H2,1H3,(H,17,18,19,20). The molecule has 3 heterocycles. The van der Waals surface area contributed by atoms with Crippen LogP contribution in [-0.4, -0.2) is 53.3 Å². The van der Waals surface area contributed by atoms with Gasteiger partial charge in [0.2, 0.25) is 23.6 Å². The van der Waals surface area contributed by atoms with Crippen molar-refractivity contribution in [2.75, 3.05) is 43.6 Å². The fourth-order valence-electron chi connectivity index (χ4n) is 2.14. The van der Waals surface area contributed by atoms with Gasteiger partial charge in [0.05, 0.1) is 20.3 Å². The Labute approximate surface area is 132 Å². The quantitative estimate of drug-likeness (QED) is 0.873. The van der Waals surface area contributed by atoms with Crippen molar-refractivity contribution in [3.8, 4) is 11.9 Å². The molecular weight excluding hydrogens is 298 g/mol. The van der Waals surface area contributed by atoms with Crippen LogP contribution in [0.25, 0.3) is 0 Å². The van der Waals surface area contributed by atoms with Crippen LogP contribution < -0.4 is 15.0 Å². The molecule has 0 unspecified atom stereocenters. The van der Waals surface area contributed by atoms with Crippen LogP contribution in [0.5, 0.6) is 5.88 Å². The van der Waals surface area contributed by atoms with E-state index in [1.807, 2.05) is 11.0 Å². The number of methoxy groups -OCH3 is 1. The van der Waals surface area contributed by atoms with E-state index in [0.29, 0.717) is 43.8 Å². The lowest BCUT2D eigenvalue weighted by atomic mass is 10.4. The van der Waals surface area contributed by atoms with E-state index < -0.39 is 0 Å². The molecule has 1 N–H and O–H groups in total. The third-order valence-corrected chi connectivity index (χ3v) is 3.23. The number of pyridine rings is 1. The highest BCUT2D eigenvalue weighted by molar-refractivity contribution is 5.60. The van der Waals surface area contributed by atoms with Crippen LogP contribution in [0.2, 0.25) is 0 Å². The summed E-state index contributed by atoms with van der Waals surface area (Å²) < 4.78 is 10.5. The minimum atomic E-state index is 0.0480. The molecule has 0 saturated carbocycles. The molecule has 0 bridgehead atoms. The largest absolute Gasteiger partial charge is 0.480 e.